The van der Waals surface area contributed by atoms with Crippen molar-refractivity contribution in [1.29, 1.82) is 0 Å². The number of nitrogens with one attached hydrogen (secondary N) is 2. The van der Waals surface area contributed by atoms with Gasteiger partial charge in [-0.1, -0.05) is 6.92 Å². The molecule has 4 aromatic rings. The SMILES string of the molecule is C[C@@H](NC(=O)Cn1nnnc1C(F)(F)F)[C@H]1C(=O)N2C(C(=O)OCc3ccc([N+](=O)[O-])cc3)=C(S[C@H]3C[C@@H](C(=O)N4CC[C@@H](NC(=O)OCc5ccc([N+](=O)[O-])cc5)C4)N(C(=O)OCc4ccc([N+](=O)[O-])cc4)C3)[C@H](C)[C@H]12. The fourth-order valence-corrected chi connectivity index (χ4v) is 11.0. The van der Waals surface area contributed by atoms with Crippen molar-refractivity contribution in [2.75, 3.05) is 19.6 Å². The molecule has 5 amide bonds. The van der Waals surface area contributed by atoms with Gasteiger partial charge >= 0.3 is 24.3 Å². The number of carbonyl (C=O) groups excluding carboxylic acids is 6. The summed E-state index contributed by atoms with van der Waals surface area (Å²) in [7, 11) is 0. The number of nitro groups is 3. The number of halogens is 3. The average Bonchev–Trinajstić information content (AvgIpc) is 4.21. The van der Waals surface area contributed by atoms with E-state index in [1.807, 2.05) is 0 Å². The number of hydrogen-bond acceptors (Lipinski definition) is 19. The molecular formula is C46H45F3N12O15S. The Kier molecular flexibility index (Phi) is 16.0. The molecule has 3 saturated heterocycles. The molecule has 31 heteroatoms. The van der Waals surface area contributed by atoms with Crippen molar-refractivity contribution in [2.45, 2.75) is 88.6 Å². The topological polar surface area (TPSA) is 337 Å². The van der Waals surface area contributed by atoms with Crippen LogP contribution in [0.25, 0.3) is 0 Å². The van der Waals surface area contributed by atoms with E-state index >= 15 is 0 Å². The third-order valence-corrected chi connectivity index (χ3v) is 14.7. The van der Waals surface area contributed by atoms with E-state index in [-0.39, 0.29) is 73.3 Å². The molecule has 406 valence electrons. The van der Waals surface area contributed by atoms with E-state index in [9.17, 15) is 72.3 Å². The van der Waals surface area contributed by atoms with Gasteiger partial charge in [-0.3, -0.25) is 49.6 Å². The number of carbonyl (C=O) groups is 6. The number of β-lactam (4-membered cyclic amide) rings is 1. The second-order valence-electron chi connectivity index (χ2n) is 18.3. The number of tetrazole rings is 1. The van der Waals surface area contributed by atoms with Gasteiger partial charge in [-0.25, -0.2) is 19.1 Å². The van der Waals surface area contributed by atoms with Crippen LogP contribution in [0.15, 0.2) is 83.4 Å². The summed E-state index contributed by atoms with van der Waals surface area (Å²) in [6.07, 6.45) is -6.47. The highest BCUT2D eigenvalue weighted by atomic mass is 32.2. The lowest BCUT2D eigenvalue weighted by Gasteiger charge is -2.47. The number of non-ortho nitro benzene ring substituents is 3. The third-order valence-electron chi connectivity index (χ3n) is 13.2. The highest BCUT2D eigenvalue weighted by Gasteiger charge is 2.61. The van der Waals surface area contributed by atoms with Crippen molar-refractivity contribution in [3.05, 3.63) is 136 Å². The number of nitrogens with zero attached hydrogens (tertiary/aromatic N) is 10. The molecule has 7 atom stereocenters. The quantitative estimate of drug-likeness (QED) is 0.0458. The Hall–Kier alpha value is -8.77. The summed E-state index contributed by atoms with van der Waals surface area (Å²) in [6.45, 7) is 1.28. The summed E-state index contributed by atoms with van der Waals surface area (Å²) in [6, 6.07) is 12.2. The Bertz CT molecular complexity index is 3020. The Morgan fingerprint density at radius 2 is 1.36 bits per heavy atom. The highest BCUT2D eigenvalue weighted by molar-refractivity contribution is 8.03. The van der Waals surface area contributed by atoms with Crippen molar-refractivity contribution >= 4 is 64.7 Å². The summed E-state index contributed by atoms with van der Waals surface area (Å²) in [5.41, 5.74) is 0.487. The van der Waals surface area contributed by atoms with Crippen molar-refractivity contribution in [2.24, 2.45) is 11.8 Å². The molecule has 3 fully saturated rings. The van der Waals surface area contributed by atoms with Gasteiger partial charge in [0.1, 0.15) is 38.1 Å². The Labute approximate surface area is 436 Å². The summed E-state index contributed by atoms with van der Waals surface area (Å²) >= 11 is 1.09. The predicted molar refractivity (Wildman–Crippen MR) is 255 cm³/mol. The normalized spacial score (nSPS) is 21.2. The molecule has 27 nitrogen and oxygen atoms in total. The Morgan fingerprint density at radius 3 is 1.91 bits per heavy atom. The van der Waals surface area contributed by atoms with Crippen LogP contribution in [0.2, 0.25) is 0 Å². The maximum atomic E-state index is 14.5. The number of fused-ring (bicyclic) bond motifs is 1. The number of amides is 5. The van der Waals surface area contributed by atoms with E-state index in [2.05, 4.69) is 26.2 Å². The molecule has 4 aliphatic rings. The van der Waals surface area contributed by atoms with Crippen LogP contribution in [-0.4, -0.2) is 135 Å². The van der Waals surface area contributed by atoms with Gasteiger partial charge in [0.05, 0.1) is 32.8 Å². The number of hydrogen-bond donors (Lipinski definition) is 2. The molecule has 0 bridgehead atoms. The molecule has 1 aromatic heterocycles. The second-order valence-corrected chi connectivity index (χ2v) is 19.6. The van der Waals surface area contributed by atoms with Crippen LogP contribution in [-0.2, 0) is 65.9 Å². The van der Waals surface area contributed by atoms with E-state index in [1.54, 1.807) is 6.92 Å². The first-order chi connectivity index (χ1) is 36.6. The largest absolute Gasteiger partial charge is 0.456 e. The van der Waals surface area contributed by atoms with Crippen molar-refractivity contribution in [3.63, 3.8) is 0 Å². The maximum Gasteiger partial charge on any atom is 0.453 e. The van der Waals surface area contributed by atoms with Crippen LogP contribution in [0.4, 0.5) is 39.8 Å². The molecule has 0 radical (unpaired) electrons. The van der Waals surface area contributed by atoms with Gasteiger partial charge < -0.3 is 34.6 Å². The molecule has 8 rings (SSSR count). The molecule has 0 spiro atoms. The van der Waals surface area contributed by atoms with E-state index < -0.39 is 110 Å². The Balaban J connectivity index is 1.00. The van der Waals surface area contributed by atoms with E-state index in [0.717, 1.165) is 11.8 Å². The summed E-state index contributed by atoms with van der Waals surface area (Å²) in [4.78, 5) is 119. The number of alkyl halides is 3. The lowest BCUT2D eigenvalue weighted by Crippen LogP contribution is -2.66. The zero-order valence-corrected chi connectivity index (χ0v) is 41.3. The zero-order valence-electron chi connectivity index (χ0n) is 40.5. The molecule has 2 N–H and O–H groups in total. The minimum atomic E-state index is -4.98. The Morgan fingerprint density at radius 1 is 0.818 bits per heavy atom. The van der Waals surface area contributed by atoms with Gasteiger partial charge in [-0.2, -0.15) is 13.2 Å². The first-order valence-electron chi connectivity index (χ1n) is 23.5. The van der Waals surface area contributed by atoms with Crippen molar-refractivity contribution in [1.82, 2.24) is 45.5 Å². The first-order valence-corrected chi connectivity index (χ1v) is 24.3. The number of aromatic nitrogens is 4. The molecule has 3 aromatic carbocycles. The van der Waals surface area contributed by atoms with Gasteiger partial charge in [-0.15, -0.1) is 16.9 Å². The molecular weight excluding hydrogens is 1050 g/mol. The fourth-order valence-electron chi connectivity index (χ4n) is 9.46. The molecule has 5 heterocycles. The lowest BCUT2D eigenvalue weighted by molar-refractivity contribution is -0.385. The number of nitro benzene ring substituents is 3. The van der Waals surface area contributed by atoms with Crippen LogP contribution in [0.1, 0.15) is 49.2 Å². The van der Waals surface area contributed by atoms with Crippen LogP contribution < -0.4 is 10.6 Å². The smallest absolute Gasteiger partial charge is 0.453 e. The number of thioether (sulfide) groups is 1. The molecule has 4 aliphatic heterocycles. The van der Waals surface area contributed by atoms with Crippen LogP contribution in [0.3, 0.4) is 0 Å². The van der Waals surface area contributed by atoms with Gasteiger partial charge in [0.25, 0.3) is 22.9 Å². The number of esters is 1. The fraction of sp³-hybridized carbons (Fsp3) is 0.413. The van der Waals surface area contributed by atoms with Crippen molar-refractivity contribution < 1.29 is 70.9 Å². The number of benzene rings is 3. The summed E-state index contributed by atoms with van der Waals surface area (Å²) in [5.74, 6) is -6.34. The molecule has 0 aliphatic carbocycles. The van der Waals surface area contributed by atoms with E-state index in [4.69, 9.17) is 14.2 Å². The van der Waals surface area contributed by atoms with Crippen LogP contribution in [0.5, 0.6) is 0 Å². The van der Waals surface area contributed by atoms with Gasteiger partial charge in [0, 0.05) is 78.1 Å². The zero-order chi connectivity index (χ0) is 55.5. The summed E-state index contributed by atoms with van der Waals surface area (Å²) < 4.78 is 57.3. The van der Waals surface area contributed by atoms with E-state index in [0.29, 0.717) is 28.0 Å². The lowest BCUT2D eigenvalue weighted by atomic mass is 9.78. The predicted octanol–water partition coefficient (Wildman–Crippen LogP) is 4.39. The average molecular weight is 1090 g/mol. The minimum absolute atomic E-state index is 0.00642. The number of ether oxygens (including phenoxy) is 3. The summed E-state index contributed by atoms with van der Waals surface area (Å²) in [5, 5.41) is 47.2. The highest BCUT2D eigenvalue weighted by Crippen LogP contribution is 2.53. The molecule has 77 heavy (non-hydrogen) atoms. The van der Waals surface area contributed by atoms with Gasteiger partial charge in [0.15, 0.2) is 0 Å². The third kappa shape index (κ3) is 12.2. The molecule has 0 unspecified atom stereocenters. The second kappa shape index (κ2) is 22.6. The standard InChI is InChI=1S/C46H45F3N12O15S/c1-24-37-36(25(2)50-35(62)20-57-43(46(47,48)49)52-53-54-57)41(64)58(37)38(42(65)74-21-26-3-9-30(10-4-26)59(68)69)39(24)77-33-17-34(56(19-33)45(67)76-23-28-7-13-32(14-8-28)61(72)73)40(63)55-16-15-29(18-55)51-44(66)75-22-27-5-11-31(12-6-27)60(70)71/h3-14,24-25,29,33-34,36-37H,15-23H2,1-2H3,(H,50,62)(H,51,66)/t24-,25-,29-,33+,34+,36-,37-/m1/s1. The number of rotatable bonds is 18. The molecule has 0 saturated carbocycles. The van der Waals surface area contributed by atoms with Gasteiger partial charge in [0.2, 0.25) is 17.7 Å². The first kappa shape index (κ1) is 54.5. The monoisotopic (exact) mass is 1090 g/mol. The minimum Gasteiger partial charge on any atom is -0.456 e. The number of alkyl carbamates (subject to hydrolysis) is 1. The number of likely N-dealkylation sites (tertiary alicyclic amines) is 2. The van der Waals surface area contributed by atoms with Crippen LogP contribution >= 0.6 is 11.8 Å². The maximum absolute atomic E-state index is 14.5. The van der Waals surface area contributed by atoms with Crippen molar-refractivity contribution in [3.8, 4) is 0 Å². The van der Waals surface area contributed by atoms with Crippen LogP contribution in [0, 0.1) is 42.2 Å². The van der Waals surface area contributed by atoms with Gasteiger partial charge in [-0.05, 0) is 83.3 Å². The van der Waals surface area contributed by atoms with E-state index in [1.165, 1.54) is 94.4 Å².